The molecule has 2 bridgehead atoms. The molecule has 0 amide bonds. The Morgan fingerprint density at radius 3 is 2.91 bits per heavy atom. The highest BCUT2D eigenvalue weighted by molar-refractivity contribution is 5.73. The van der Waals surface area contributed by atoms with Crippen LogP contribution in [0.2, 0.25) is 0 Å². The van der Waals surface area contributed by atoms with Crippen LogP contribution >= 0.6 is 0 Å². The van der Waals surface area contributed by atoms with Crippen LogP contribution < -0.4 is 0 Å². The second kappa shape index (κ2) is 5.78. The molecule has 2 fully saturated rings. The Morgan fingerprint density at radius 1 is 1.48 bits per heavy atom. The van der Waals surface area contributed by atoms with Gasteiger partial charge in [-0.3, -0.25) is 4.79 Å². The molecule has 1 aromatic rings. The van der Waals surface area contributed by atoms with E-state index in [1.54, 1.807) is 12.3 Å². The van der Waals surface area contributed by atoms with Crippen LogP contribution in [0.15, 0.2) is 35.0 Å². The first-order valence-electron chi connectivity index (χ1n) is 7.88. The molecule has 6 nitrogen and oxygen atoms in total. The van der Waals surface area contributed by atoms with E-state index in [1.807, 2.05) is 13.0 Å². The number of aliphatic hydroxyl groups excluding tert-OH is 1. The third kappa shape index (κ3) is 2.82. The molecule has 126 valence electrons. The monoisotopic (exact) mass is 322 g/mol. The van der Waals surface area contributed by atoms with Crippen LogP contribution in [0.4, 0.5) is 0 Å². The molecule has 2 aliphatic rings. The molecule has 0 aromatic carbocycles. The third-order valence-electron chi connectivity index (χ3n) is 5.00. The number of fused-ring (bicyclic) bond motifs is 2. The summed E-state index contributed by atoms with van der Waals surface area (Å²) < 4.78 is 10.4. The van der Waals surface area contributed by atoms with Crippen LogP contribution in [0.25, 0.3) is 0 Å². The second-order valence-corrected chi connectivity index (χ2v) is 6.66. The largest absolute Gasteiger partial charge is 0.469 e. The van der Waals surface area contributed by atoms with Crippen molar-refractivity contribution in [2.45, 2.75) is 56.0 Å². The number of rotatable bonds is 5. The molecule has 1 saturated heterocycles. The summed E-state index contributed by atoms with van der Waals surface area (Å²) in [5, 5.41) is 31.6. The maximum atomic E-state index is 11.5. The zero-order chi connectivity index (χ0) is 16.7. The van der Waals surface area contributed by atoms with E-state index in [0.717, 1.165) is 5.76 Å². The fraction of sp³-hybridized carbons (Fsp3) is 0.588. The van der Waals surface area contributed by atoms with Crippen LogP contribution in [0.1, 0.15) is 31.9 Å². The Balaban J connectivity index is 1.70. The van der Waals surface area contributed by atoms with Crippen LogP contribution in [-0.4, -0.2) is 44.7 Å². The van der Waals surface area contributed by atoms with Gasteiger partial charge < -0.3 is 24.5 Å². The first kappa shape index (κ1) is 16.2. The molecule has 3 rings (SSSR count). The molecule has 0 spiro atoms. The van der Waals surface area contributed by atoms with Crippen LogP contribution in [-0.2, 0) is 16.0 Å². The average Bonchev–Trinajstić information content (AvgIpc) is 3.02. The van der Waals surface area contributed by atoms with Gasteiger partial charge in [0.1, 0.15) is 23.1 Å². The van der Waals surface area contributed by atoms with Gasteiger partial charge in [0.25, 0.3) is 0 Å². The van der Waals surface area contributed by atoms with Crippen molar-refractivity contribution in [1.82, 2.24) is 0 Å². The van der Waals surface area contributed by atoms with E-state index in [2.05, 4.69) is 0 Å². The Labute approximate surface area is 134 Å². The molecule has 1 saturated carbocycles. The van der Waals surface area contributed by atoms with Gasteiger partial charge in [-0.15, -0.1) is 0 Å². The third-order valence-corrected chi connectivity index (χ3v) is 5.00. The van der Waals surface area contributed by atoms with Crippen molar-refractivity contribution in [3.05, 3.63) is 36.3 Å². The Hall–Kier alpha value is -1.63. The predicted molar refractivity (Wildman–Crippen MR) is 80.4 cm³/mol. The Kier molecular flexibility index (Phi) is 4.08. The summed E-state index contributed by atoms with van der Waals surface area (Å²) in [6, 6.07) is 3.63. The Morgan fingerprint density at radius 2 is 2.26 bits per heavy atom. The SMILES string of the molecule is C[C@@H](Cc1ccco1)[C@H](O)C=C[C@@]1(O)C2CC[C@@]1(O)CC(=O)O2. The minimum Gasteiger partial charge on any atom is -0.469 e. The molecule has 5 atom stereocenters. The van der Waals surface area contributed by atoms with E-state index in [1.165, 1.54) is 12.2 Å². The Bertz CT molecular complexity index is 594. The minimum atomic E-state index is -1.65. The lowest BCUT2D eigenvalue weighted by atomic mass is 9.79. The maximum absolute atomic E-state index is 11.5. The van der Waals surface area contributed by atoms with Gasteiger partial charge in [-0.1, -0.05) is 13.0 Å². The van der Waals surface area contributed by atoms with Crippen molar-refractivity contribution in [3.63, 3.8) is 0 Å². The van der Waals surface area contributed by atoms with Gasteiger partial charge in [-0.2, -0.15) is 0 Å². The van der Waals surface area contributed by atoms with Crippen LogP contribution in [0, 0.1) is 5.92 Å². The van der Waals surface area contributed by atoms with E-state index in [4.69, 9.17) is 9.15 Å². The molecular formula is C17H22O6. The number of carbonyl (C=O) groups excluding carboxylic acids is 1. The van der Waals surface area contributed by atoms with E-state index >= 15 is 0 Å². The fourth-order valence-electron chi connectivity index (χ4n) is 3.47. The predicted octanol–water partition coefficient (Wildman–Crippen LogP) is 0.947. The molecule has 2 heterocycles. The first-order valence-corrected chi connectivity index (χ1v) is 7.88. The van der Waals surface area contributed by atoms with Gasteiger partial charge in [-0.25, -0.2) is 0 Å². The summed E-state index contributed by atoms with van der Waals surface area (Å²) in [6.07, 6.45) is 3.88. The van der Waals surface area contributed by atoms with Crippen LogP contribution in [0.3, 0.4) is 0 Å². The van der Waals surface area contributed by atoms with E-state index < -0.39 is 29.4 Å². The van der Waals surface area contributed by atoms with Gasteiger partial charge in [0.15, 0.2) is 0 Å². The van der Waals surface area contributed by atoms with Crippen molar-refractivity contribution in [2.24, 2.45) is 5.92 Å². The van der Waals surface area contributed by atoms with Crippen molar-refractivity contribution in [1.29, 1.82) is 0 Å². The van der Waals surface area contributed by atoms with Gasteiger partial charge in [-0.05, 0) is 37.0 Å². The number of hydrogen-bond acceptors (Lipinski definition) is 6. The summed E-state index contributed by atoms with van der Waals surface area (Å²) in [5.74, 6) is 0.146. The minimum absolute atomic E-state index is 0.126. The number of hydrogen-bond donors (Lipinski definition) is 3. The molecule has 0 radical (unpaired) electrons. The zero-order valence-corrected chi connectivity index (χ0v) is 13.0. The topological polar surface area (TPSA) is 100 Å². The maximum Gasteiger partial charge on any atom is 0.309 e. The molecule has 6 heteroatoms. The molecule has 1 unspecified atom stereocenters. The highest BCUT2D eigenvalue weighted by Gasteiger charge is 2.63. The quantitative estimate of drug-likeness (QED) is 0.551. The average molecular weight is 322 g/mol. The summed E-state index contributed by atoms with van der Waals surface area (Å²) in [5.41, 5.74) is -3.17. The number of carbonyl (C=O) groups is 1. The summed E-state index contributed by atoms with van der Waals surface area (Å²) in [4.78, 5) is 11.5. The number of ether oxygens (including phenoxy) is 1. The zero-order valence-electron chi connectivity index (χ0n) is 13.0. The van der Waals surface area contributed by atoms with Gasteiger partial charge >= 0.3 is 5.97 Å². The van der Waals surface area contributed by atoms with Crippen molar-refractivity contribution < 1.29 is 29.3 Å². The second-order valence-electron chi connectivity index (χ2n) is 6.66. The van der Waals surface area contributed by atoms with Crippen LogP contribution in [0.5, 0.6) is 0 Å². The van der Waals surface area contributed by atoms with Crippen molar-refractivity contribution in [3.8, 4) is 0 Å². The molecule has 1 aliphatic carbocycles. The van der Waals surface area contributed by atoms with Gasteiger partial charge in [0.05, 0.1) is 18.8 Å². The van der Waals surface area contributed by atoms with Gasteiger partial charge in [0, 0.05) is 6.42 Å². The van der Waals surface area contributed by atoms with E-state index in [9.17, 15) is 20.1 Å². The lowest BCUT2D eigenvalue weighted by Crippen LogP contribution is -2.60. The van der Waals surface area contributed by atoms with E-state index in [0.29, 0.717) is 19.3 Å². The highest BCUT2D eigenvalue weighted by atomic mass is 16.6. The summed E-state index contributed by atoms with van der Waals surface area (Å²) >= 11 is 0. The summed E-state index contributed by atoms with van der Waals surface area (Å²) in [6.45, 7) is 1.87. The standard InChI is InChI=1S/C17H22O6/c1-11(9-12-3-2-8-22-12)13(18)4-7-17(21)14-5-6-16(17,20)10-15(19)23-14/h2-4,7-8,11,13-14,18,20-21H,5-6,9-10H2,1H3/t11-,13+,14?,16+,17+/m0/s1. The summed E-state index contributed by atoms with van der Waals surface area (Å²) in [7, 11) is 0. The first-order chi connectivity index (χ1) is 10.8. The molecule has 1 aliphatic heterocycles. The number of furan rings is 1. The molecule has 3 N–H and O–H groups in total. The molecule has 1 aromatic heterocycles. The highest BCUT2D eigenvalue weighted by Crippen LogP contribution is 2.48. The lowest BCUT2D eigenvalue weighted by Gasteiger charge is -2.42. The fourth-order valence-corrected chi connectivity index (χ4v) is 3.47. The van der Waals surface area contributed by atoms with Gasteiger partial charge in [0.2, 0.25) is 0 Å². The lowest BCUT2D eigenvalue weighted by molar-refractivity contribution is -0.204. The molecular weight excluding hydrogens is 300 g/mol. The normalized spacial score (nSPS) is 36.2. The smallest absolute Gasteiger partial charge is 0.309 e. The molecule has 23 heavy (non-hydrogen) atoms. The van der Waals surface area contributed by atoms with Crippen molar-refractivity contribution >= 4 is 5.97 Å². The number of esters is 1. The van der Waals surface area contributed by atoms with E-state index in [-0.39, 0.29) is 12.3 Å². The van der Waals surface area contributed by atoms with Crippen molar-refractivity contribution in [2.75, 3.05) is 0 Å². The number of aliphatic hydroxyl groups is 3.